The predicted molar refractivity (Wildman–Crippen MR) is 79.6 cm³/mol. The van der Waals surface area contributed by atoms with Crippen LogP contribution >= 0.6 is 0 Å². The van der Waals surface area contributed by atoms with Crippen LogP contribution in [0.15, 0.2) is 55.2 Å². The van der Waals surface area contributed by atoms with Crippen LogP contribution in [0.5, 0.6) is 0 Å². The summed E-state index contributed by atoms with van der Waals surface area (Å²) in [4.78, 5) is 20.8. The minimum absolute atomic E-state index is 0.263. The van der Waals surface area contributed by atoms with Gasteiger partial charge in [0.2, 0.25) is 0 Å². The number of pyridine rings is 1. The van der Waals surface area contributed by atoms with Crippen molar-refractivity contribution in [1.82, 2.24) is 15.0 Å². The Morgan fingerprint density at radius 1 is 1.29 bits per heavy atom. The lowest BCUT2D eigenvalue weighted by atomic mass is 10.2. The summed E-state index contributed by atoms with van der Waals surface area (Å²) in [6.07, 6.45) is 7.06. The summed E-state index contributed by atoms with van der Waals surface area (Å²) in [5.41, 5.74) is 5.92. The van der Waals surface area contributed by atoms with Crippen LogP contribution in [0.2, 0.25) is 0 Å². The number of benzene rings is 1. The van der Waals surface area contributed by atoms with Gasteiger partial charge in [-0.1, -0.05) is 24.3 Å². The normalized spacial score (nSPS) is 11.5. The Balaban J connectivity index is 0.000000154. The van der Waals surface area contributed by atoms with Gasteiger partial charge in [-0.05, 0) is 16.8 Å². The Morgan fingerprint density at radius 3 is 2.67 bits per heavy atom. The minimum atomic E-state index is -1.01. The number of imidazole rings is 1. The van der Waals surface area contributed by atoms with Crippen LogP contribution in [-0.4, -0.2) is 32.1 Å². The second-order valence-electron chi connectivity index (χ2n) is 4.43. The van der Waals surface area contributed by atoms with E-state index in [0.717, 1.165) is 0 Å². The first-order chi connectivity index (χ1) is 10.2. The van der Waals surface area contributed by atoms with Crippen molar-refractivity contribution in [3.05, 3.63) is 60.9 Å². The lowest BCUT2D eigenvalue weighted by molar-refractivity contribution is -0.138. The van der Waals surface area contributed by atoms with Crippen molar-refractivity contribution in [3.8, 4) is 0 Å². The molecule has 21 heavy (non-hydrogen) atoms. The minimum Gasteiger partial charge on any atom is -0.480 e. The number of hydrogen-bond donors (Lipinski definition) is 3. The Morgan fingerprint density at radius 2 is 2.05 bits per heavy atom. The molecular weight excluding hydrogens is 268 g/mol. The van der Waals surface area contributed by atoms with Crippen LogP contribution in [0, 0.1) is 0 Å². The Labute approximate surface area is 121 Å². The molecule has 1 atom stereocenters. The number of carboxylic acid groups (broad SMARTS) is 1. The molecule has 0 unspecified atom stereocenters. The van der Waals surface area contributed by atoms with Crippen molar-refractivity contribution in [2.75, 3.05) is 0 Å². The quantitative estimate of drug-likeness (QED) is 0.677. The summed E-state index contributed by atoms with van der Waals surface area (Å²) in [5, 5.41) is 10.9. The highest BCUT2D eigenvalue weighted by atomic mass is 16.4. The number of H-pyrrole nitrogens is 1. The standard InChI is InChI=1S/C9H7N.C6H9N3O2/c1-2-4-9-7-10-6-5-8(9)3-1;7-5(6(10)11)1-4-2-8-3-9-4/h1-7H;2-3,5H,1,7H2,(H,8,9)(H,10,11)/t;5-/m.0/s1. The summed E-state index contributed by atoms with van der Waals surface area (Å²) < 4.78 is 0. The fraction of sp³-hybridized carbons (Fsp3) is 0.133. The van der Waals surface area contributed by atoms with Crippen molar-refractivity contribution in [2.45, 2.75) is 12.5 Å². The van der Waals surface area contributed by atoms with Crippen LogP contribution in [0.25, 0.3) is 10.8 Å². The fourth-order valence-electron chi connectivity index (χ4n) is 1.74. The molecule has 2 heterocycles. The zero-order valence-electron chi connectivity index (χ0n) is 11.3. The van der Waals surface area contributed by atoms with Gasteiger partial charge in [-0.25, -0.2) is 4.98 Å². The topological polar surface area (TPSA) is 105 Å². The van der Waals surface area contributed by atoms with E-state index in [1.807, 2.05) is 30.6 Å². The third kappa shape index (κ3) is 4.39. The maximum absolute atomic E-state index is 10.3. The lowest BCUT2D eigenvalue weighted by Crippen LogP contribution is -2.32. The molecule has 0 saturated heterocycles. The Bertz CT molecular complexity index is 632. The molecule has 4 N–H and O–H groups in total. The number of aliphatic carboxylic acids is 1. The van der Waals surface area contributed by atoms with E-state index >= 15 is 0 Å². The third-order valence-corrected chi connectivity index (χ3v) is 2.85. The third-order valence-electron chi connectivity index (χ3n) is 2.85. The van der Waals surface area contributed by atoms with Crippen molar-refractivity contribution < 1.29 is 9.90 Å². The van der Waals surface area contributed by atoms with Gasteiger partial charge in [-0.3, -0.25) is 9.78 Å². The first-order valence-corrected chi connectivity index (χ1v) is 6.41. The number of aromatic amines is 1. The maximum atomic E-state index is 10.3. The molecule has 0 saturated carbocycles. The van der Waals surface area contributed by atoms with E-state index in [2.05, 4.69) is 27.1 Å². The SMILES string of the molecule is N[C@@H](Cc1c[nH]cn1)C(=O)O.c1ccc2cnccc2c1. The van der Waals surface area contributed by atoms with Crippen LogP contribution in [0.4, 0.5) is 0 Å². The zero-order chi connectivity index (χ0) is 15.1. The molecule has 3 rings (SSSR count). The van der Waals surface area contributed by atoms with Crippen LogP contribution < -0.4 is 5.73 Å². The Kier molecular flexibility index (Phi) is 5.00. The zero-order valence-corrected chi connectivity index (χ0v) is 11.3. The van der Waals surface area contributed by atoms with Gasteiger partial charge in [0, 0.05) is 25.0 Å². The molecule has 0 amide bonds. The second kappa shape index (κ2) is 7.16. The van der Waals surface area contributed by atoms with Gasteiger partial charge in [0.15, 0.2) is 0 Å². The van der Waals surface area contributed by atoms with E-state index in [1.165, 1.54) is 17.1 Å². The molecule has 0 aliphatic carbocycles. The molecule has 0 spiro atoms. The maximum Gasteiger partial charge on any atom is 0.320 e. The van der Waals surface area contributed by atoms with Crippen molar-refractivity contribution in [2.24, 2.45) is 5.73 Å². The number of aromatic nitrogens is 3. The molecule has 0 fully saturated rings. The number of nitrogens with one attached hydrogen (secondary N) is 1. The number of carboxylic acids is 1. The first kappa shape index (κ1) is 14.7. The number of fused-ring (bicyclic) bond motifs is 1. The largest absolute Gasteiger partial charge is 0.480 e. The van der Waals surface area contributed by atoms with Gasteiger partial charge in [0.1, 0.15) is 6.04 Å². The average Bonchev–Trinajstić information content (AvgIpc) is 3.01. The predicted octanol–water partition coefficient (Wildman–Crippen LogP) is 1.60. The van der Waals surface area contributed by atoms with E-state index in [9.17, 15) is 4.79 Å². The van der Waals surface area contributed by atoms with Gasteiger partial charge < -0.3 is 15.8 Å². The number of hydrogen-bond acceptors (Lipinski definition) is 4. The molecule has 6 nitrogen and oxygen atoms in total. The highest BCUT2D eigenvalue weighted by Crippen LogP contribution is 2.09. The Hall–Kier alpha value is -2.73. The van der Waals surface area contributed by atoms with Gasteiger partial charge in [0.25, 0.3) is 0 Å². The molecule has 0 radical (unpaired) electrons. The summed E-state index contributed by atoms with van der Waals surface area (Å²) in [6.45, 7) is 0. The first-order valence-electron chi connectivity index (χ1n) is 6.41. The highest BCUT2D eigenvalue weighted by Gasteiger charge is 2.12. The molecule has 2 aromatic heterocycles. The molecule has 0 bridgehead atoms. The van der Waals surface area contributed by atoms with E-state index in [-0.39, 0.29) is 6.42 Å². The van der Waals surface area contributed by atoms with Crippen molar-refractivity contribution in [1.29, 1.82) is 0 Å². The smallest absolute Gasteiger partial charge is 0.320 e. The van der Waals surface area contributed by atoms with Gasteiger partial charge >= 0.3 is 5.97 Å². The number of carbonyl (C=O) groups is 1. The van der Waals surface area contributed by atoms with Crippen LogP contribution in [0.1, 0.15) is 5.69 Å². The monoisotopic (exact) mass is 284 g/mol. The second-order valence-corrected chi connectivity index (χ2v) is 4.43. The van der Waals surface area contributed by atoms with Crippen LogP contribution in [-0.2, 0) is 11.2 Å². The number of rotatable bonds is 3. The number of nitrogens with two attached hydrogens (primary N) is 1. The van der Waals surface area contributed by atoms with Crippen molar-refractivity contribution >= 4 is 16.7 Å². The molecular formula is C15H16N4O2. The van der Waals surface area contributed by atoms with E-state index in [0.29, 0.717) is 5.69 Å². The summed E-state index contributed by atoms with van der Waals surface area (Å²) in [6, 6.07) is 9.33. The van der Waals surface area contributed by atoms with Crippen LogP contribution in [0.3, 0.4) is 0 Å². The fourth-order valence-corrected chi connectivity index (χ4v) is 1.74. The van der Waals surface area contributed by atoms with Gasteiger partial charge in [-0.15, -0.1) is 0 Å². The molecule has 3 aromatic rings. The van der Waals surface area contributed by atoms with E-state index < -0.39 is 12.0 Å². The van der Waals surface area contributed by atoms with Gasteiger partial charge in [-0.2, -0.15) is 0 Å². The molecule has 0 aliphatic rings. The molecule has 108 valence electrons. The summed E-state index contributed by atoms with van der Waals surface area (Å²) in [7, 11) is 0. The highest BCUT2D eigenvalue weighted by molar-refractivity contribution is 5.80. The number of nitrogens with zero attached hydrogens (tertiary/aromatic N) is 2. The van der Waals surface area contributed by atoms with Crippen molar-refractivity contribution in [3.63, 3.8) is 0 Å². The lowest BCUT2D eigenvalue weighted by Gasteiger charge is -2.01. The molecule has 6 heteroatoms. The summed E-state index contributed by atoms with van der Waals surface area (Å²) >= 11 is 0. The average molecular weight is 284 g/mol. The van der Waals surface area contributed by atoms with E-state index in [1.54, 1.807) is 6.20 Å². The van der Waals surface area contributed by atoms with E-state index in [4.69, 9.17) is 10.8 Å². The summed E-state index contributed by atoms with van der Waals surface area (Å²) in [5.74, 6) is -1.01. The van der Waals surface area contributed by atoms with Gasteiger partial charge in [0.05, 0.1) is 12.0 Å². The molecule has 1 aromatic carbocycles. The molecule has 0 aliphatic heterocycles.